The van der Waals surface area contributed by atoms with Crippen LogP contribution in [0.4, 0.5) is 0 Å². The van der Waals surface area contributed by atoms with Gasteiger partial charge in [0, 0.05) is 12.4 Å². The maximum atomic E-state index is 4.28. The van der Waals surface area contributed by atoms with Crippen molar-refractivity contribution in [3.63, 3.8) is 0 Å². The second-order valence-corrected chi connectivity index (χ2v) is 4.93. The summed E-state index contributed by atoms with van der Waals surface area (Å²) in [7, 11) is 0. The van der Waals surface area contributed by atoms with Crippen molar-refractivity contribution in [1.29, 1.82) is 0 Å². The molecule has 0 unspecified atom stereocenters. The molecule has 2 heterocycles. The third kappa shape index (κ3) is 3.47. The van der Waals surface area contributed by atoms with Gasteiger partial charge in [0.25, 0.3) is 0 Å². The van der Waals surface area contributed by atoms with Crippen molar-refractivity contribution in [1.82, 2.24) is 9.97 Å². The Labute approximate surface area is 113 Å². The van der Waals surface area contributed by atoms with Gasteiger partial charge in [0.2, 0.25) is 0 Å². The summed E-state index contributed by atoms with van der Waals surface area (Å²) in [5.74, 6) is 0. The average molecular weight is 318 g/mol. The zero-order valence-electron chi connectivity index (χ0n) is 8.55. The van der Waals surface area contributed by atoms with Gasteiger partial charge in [-0.3, -0.25) is 0 Å². The molecule has 0 spiro atoms. The molecule has 0 aliphatic rings. The first-order valence-corrected chi connectivity index (χ1v) is 6.08. The van der Waals surface area contributed by atoms with Crippen LogP contribution in [0.1, 0.15) is 5.56 Å². The number of aromatic nitrogens is 2. The van der Waals surface area contributed by atoms with E-state index in [0.717, 1.165) is 14.5 Å². The first-order chi connectivity index (χ1) is 7.25. The lowest BCUT2D eigenvalue weighted by Gasteiger charge is -2.02. The van der Waals surface area contributed by atoms with Gasteiger partial charge in [-0.05, 0) is 64.4 Å². The molecule has 0 aliphatic heterocycles. The molecule has 5 heteroatoms. The Kier molecular flexibility index (Phi) is 5.25. The zero-order valence-corrected chi connectivity index (χ0v) is 11.8. The van der Waals surface area contributed by atoms with Crippen LogP contribution < -0.4 is 0 Å². The molecule has 2 nitrogen and oxygen atoms in total. The molecule has 0 amide bonds. The fourth-order valence-electron chi connectivity index (χ4n) is 1.11. The Morgan fingerprint density at radius 1 is 1.19 bits per heavy atom. The molecule has 2 aromatic rings. The standard InChI is InChI=1S/C11H9BrN2S.ClH/c1-8-4-6-13-10(7-8)15-11-9(12)3-2-5-14-11;/h2-7H,1H3;1H. The lowest BCUT2D eigenvalue weighted by atomic mass is 10.3. The van der Waals surface area contributed by atoms with Gasteiger partial charge in [0.1, 0.15) is 10.1 Å². The topological polar surface area (TPSA) is 25.8 Å². The maximum absolute atomic E-state index is 4.28. The van der Waals surface area contributed by atoms with E-state index in [1.54, 1.807) is 18.0 Å². The summed E-state index contributed by atoms with van der Waals surface area (Å²) >= 11 is 5.02. The second-order valence-electron chi connectivity index (χ2n) is 3.06. The molecule has 0 radical (unpaired) electrons. The molecule has 16 heavy (non-hydrogen) atoms. The average Bonchev–Trinajstić information content (AvgIpc) is 2.22. The molecular formula is C11H10BrClN2S. The zero-order chi connectivity index (χ0) is 10.7. The van der Waals surface area contributed by atoms with E-state index in [4.69, 9.17) is 0 Å². The van der Waals surface area contributed by atoms with Crippen molar-refractivity contribution in [2.45, 2.75) is 17.0 Å². The quantitative estimate of drug-likeness (QED) is 0.833. The van der Waals surface area contributed by atoms with Crippen molar-refractivity contribution in [3.8, 4) is 0 Å². The minimum Gasteiger partial charge on any atom is -0.250 e. The van der Waals surface area contributed by atoms with E-state index in [9.17, 15) is 0 Å². The fraction of sp³-hybridized carbons (Fsp3) is 0.0909. The summed E-state index contributed by atoms with van der Waals surface area (Å²) in [6.45, 7) is 2.05. The smallest absolute Gasteiger partial charge is 0.116 e. The van der Waals surface area contributed by atoms with Crippen LogP contribution in [0.25, 0.3) is 0 Å². The van der Waals surface area contributed by atoms with E-state index in [1.165, 1.54) is 5.56 Å². The largest absolute Gasteiger partial charge is 0.250 e. The molecule has 0 N–H and O–H groups in total. The minimum atomic E-state index is 0. The molecule has 0 saturated carbocycles. The van der Waals surface area contributed by atoms with E-state index >= 15 is 0 Å². The Morgan fingerprint density at radius 3 is 2.69 bits per heavy atom. The van der Waals surface area contributed by atoms with Crippen molar-refractivity contribution < 1.29 is 0 Å². The van der Waals surface area contributed by atoms with Gasteiger partial charge in [-0.1, -0.05) is 0 Å². The SMILES string of the molecule is Cc1ccnc(Sc2ncccc2Br)c1.Cl. The molecule has 2 aromatic heterocycles. The highest BCUT2D eigenvalue weighted by Gasteiger charge is 2.03. The summed E-state index contributed by atoms with van der Waals surface area (Å²) in [6, 6.07) is 7.91. The monoisotopic (exact) mass is 316 g/mol. The lowest BCUT2D eigenvalue weighted by Crippen LogP contribution is -1.84. The third-order valence-electron chi connectivity index (χ3n) is 1.82. The molecule has 2 rings (SSSR count). The number of rotatable bonds is 2. The van der Waals surface area contributed by atoms with Crippen molar-refractivity contribution in [2.24, 2.45) is 0 Å². The van der Waals surface area contributed by atoms with Crippen LogP contribution in [0.2, 0.25) is 0 Å². The highest BCUT2D eigenvalue weighted by Crippen LogP contribution is 2.30. The summed E-state index contributed by atoms with van der Waals surface area (Å²) in [5.41, 5.74) is 1.21. The van der Waals surface area contributed by atoms with E-state index in [1.807, 2.05) is 30.5 Å². The molecule has 0 saturated heterocycles. The van der Waals surface area contributed by atoms with Crippen LogP contribution in [0.3, 0.4) is 0 Å². The van der Waals surface area contributed by atoms with Crippen LogP contribution in [-0.2, 0) is 0 Å². The van der Waals surface area contributed by atoms with E-state index < -0.39 is 0 Å². The van der Waals surface area contributed by atoms with Gasteiger partial charge in [-0.15, -0.1) is 12.4 Å². The van der Waals surface area contributed by atoms with E-state index in [0.29, 0.717) is 0 Å². The lowest BCUT2D eigenvalue weighted by molar-refractivity contribution is 1.07. The molecule has 0 bridgehead atoms. The summed E-state index contributed by atoms with van der Waals surface area (Å²) < 4.78 is 0.998. The minimum absolute atomic E-state index is 0. The van der Waals surface area contributed by atoms with E-state index in [-0.39, 0.29) is 12.4 Å². The first-order valence-electron chi connectivity index (χ1n) is 4.47. The van der Waals surface area contributed by atoms with Crippen LogP contribution in [-0.4, -0.2) is 9.97 Å². The molecule has 0 atom stereocenters. The number of hydrogen-bond donors (Lipinski definition) is 0. The Hall–Kier alpha value is -0.580. The molecule has 0 aromatic carbocycles. The van der Waals surface area contributed by atoms with E-state index in [2.05, 4.69) is 32.8 Å². The van der Waals surface area contributed by atoms with Gasteiger partial charge in [0.15, 0.2) is 0 Å². The van der Waals surface area contributed by atoms with Crippen molar-refractivity contribution in [2.75, 3.05) is 0 Å². The highest BCUT2D eigenvalue weighted by atomic mass is 79.9. The third-order valence-corrected chi connectivity index (χ3v) is 3.67. The molecular weight excluding hydrogens is 308 g/mol. The Morgan fingerprint density at radius 2 is 2.00 bits per heavy atom. The van der Waals surface area contributed by atoms with Crippen LogP contribution in [0.5, 0.6) is 0 Å². The molecule has 84 valence electrons. The first kappa shape index (κ1) is 13.5. The summed E-state index contributed by atoms with van der Waals surface area (Å²) in [5, 5.41) is 1.91. The van der Waals surface area contributed by atoms with Gasteiger partial charge in [-0.2, -0.15) is 0 Å². The molecule has 0 aliphatic carbocycles. The number of halogens is 2. The fourth-order valence-corrected chi connectivity index (χ4v) is 2.44. The molecule has 0 fully saturated rings. The number of nitrogens with zero attached hydrogens (tertiary/aromatic N) is 2. The van der Waals surface area contributed by atoms with Crippen LogP contribution in [0.15, 0.2) is 51.2 Å². The predicted octanol–water partition coefficient (Wildman–Crippen LogP) is 4.12. The summed E-state index contributed by atoms with van der Waals surface area (Å²) in [4.78, 5) is 8.56. The van der Waals surface area contributed by atoms with Gasteiger partial charge in [0.05, 0.1) is 4.47 Å². The Bertz CT molecular complexity index is 479. The maximum Gasteiger partial charge on any atom is 0.116 e. The normalized spacial score (nSPS) is 9.62. The second kappa shape index (κ2) is 6.23. The van der Waals surface area contributed by atoms with Gasteiger partial charge >= 0.3 is 0 Å². The van der Waals surface area contributed by atoms with Crippen molar-refractivity contribution >= 4 is 40.1 Å². The van der Waals surface area contributed by atoms with Gasteiger partial charge < -0.3 is 0 Å². The number of hydrogen-bond acceptors (Lipinski definition) is 3. The number of aryl methyl sites for hydroxylation is 1. The van der Waals surface area contributed by atoms with Crippen molar-refractivity contribution in [3.05, 3.63) is 46.7 Å². The highest BCUT2D eigenvalue weighted by molar-refractivity contribution is 9.10. The van der Waals surface area contributed by atoms with Crippen LogP contribution >= 0.6 is 40.1 Å². The van der Waals surface area contributed by atoms with Crippen LogP contribution in [0, 0.1) is 6.92 Å². The predicted molar refractivity (Wildman–Crippen MR) is 72.3 cm³/mol. The van der Waals surface area contributed by atoms with Gasteiger partial charge in [-0.25, -0.2) is 9.97 Å². The Balaban J connectivity index is 0.00000128. The summed E-state index contributed by atoms with van der Waals surface area (Å²) in [6.07, 6.45) is 3.59. The number of pyridine rings is 2.